The molecular formula is C31H41NO4. The van der Waals surface area contributed by atoms with Crippen LogP contribution in [0.2, 0.25) is 0 Å². The second kappa shape index (κ2) is 7.21. The van der Waals surface area contributed by atoms with Gasteiger partial charge in [0.2, 0.25) is 0 Å². The Morgan fingerprint density at radius 2 is 1.64 bits per heavy atom. The molecule has 3 saturated carbocycles. The molecule has 5 aliphatic rings. The van der Waals surface area contributed by atoms with Crippen molar-refractivity contribution in [2.24, 2.45) is 50.2 Å². The number of aliphatic carboxylic acids is 1. The van der Waals surface area contributed by atoms with Gasteiger partial charge in [0.15, 0.2) is 11.6 Å². The number of ketones is 2. The monoisotopic (exact) mass is 491 g/mol. The molecule has 0 saturated heterocycles. The average molecular weight is 492 g/mol. The van der Waals surface area contributed by atoms with Crippen LogP contribution < -0.4 is 0 Å². The smallest absolute Gasteiger partial charge is 0.309 e. The highest BCUT2D eigenvalue weighted by Gasteiger charge is 2.70. The third kappa shape index (κ3) is 2.85. The van der Waals surface area contributed by atoms with E-state index in [2.05, 4.69) is 40.7 Å². The van der Waals surface area contributed by atoms with Crippen LogP contribution >= 0.6 is 0 Å². The summed E-state index contributed by atoms with van der Waals surface area (Å²) in [5.41, 5.74) is -1.49. The van der Waals surface area contributed by atoms with E-state index in [0.29, 0.717) is 19.3 Å². The molecule has 7 atom stereocenters. The Morgan fingerprint density at radius 3 is 2.25 bits per heavy atom. The van der Waals surface area contributed by atoms with Crippen molar-refractivity contribution in [3.05, 3.63) is 23.3 Å². The summed E-state index contributed by atoms with van der Waals surface area (Å²) in [6.07, 6.45) is 8.98. The van der Waals surface area contributed by atoms with Gasteiger partial charge >= 0.3 is 5.97 Å². The highest BCUT2D eigenvalue weighted by molar-refractivity contribution is 6.04. The lowest BCUT2D eigenvalue weighted by Gasteiger charge is -2.68. The quantitative estimate of drug-likeness (QED) is 0.465. The highest BCUT2D eigenvalue weighted by atomic mass is 16.4. The van der Waals surface area contributed by atoms with Crippen LogP contribution in [-0.4, -0.2) is 22.6 Å². The first-order valence-electron chi connectivity index (χ1n) is 13.7. The van der Waals surface area contributed by atoms with Crippen LogP contribution in [0.1, 0.15) is 93.4 Å². The zero-order chi connectivity index (χ0) is 26.7. The van der Waals surface area contributed by atoms with Crippen molar-refractivity contribution in [2.45, 2.75) is 93.4 Å². The maximum atomic E-state index is 14.2. The lowest BCUT2D eigenvalue weighted by Crippen LogP contribution is -2.65. The minimum Gasteiger partial charge on any atom is -0.481 e. The van der Waals surface area contributed by atoms with Gasteiger partial charge in [-0.05, 0) is 79.1 Å². The van der Waals surface area contributed by atoms with Gasteiger partial charge in [-0.3, -0.25) is 14.4 Å². The summed E-state index contributed by atoms with van der Waals surface area (Å²) in [5, 5.41) is 20.3. The maximum absolute atomic E-state index is 14.2. The Labute approximate surface area is 215 Å². The number of hydrogen-bond acceptors (Lipinski definition) is 4. The van der Waals surface area contributed by atoms with Crippen molar-refractivity contribution in [2.75, 3.05) is 0 Å². The Morgan fingerprint density at radius 1 is 1.00 bits per heavy atom. The standard InChI is InChI=1S/C31H41NO4/c1-26(2)10-12-31(25(35)36)13-11-30(7)23(19(31)16-26)20(33)14-22-28(5)15-18(17-32)24(34)27(3,4)21(28)8-9-29(22,30)6/h14-15,19,21,23H,8-13,16H2,1-7H3,(H,35,36)/t19?,21?,23-,28-,29+,30+,31-/m0/s1. The second-order valence-electron chi connectivity index (χ2n) is 14.7. The van der Waals surface area contributed by atoms with Crippen molar-refractivity contribution < 1.29 is 19.5 Å². The van der Waals surface area contributed by atoms with Gasteiger partial charge in [0.1, 0.15) is 6.07 Å². The number of Topliss-reactive ketones (excluding diaryl/α,β-unsaturated/α-hetero) is 1. The highest BCUT2D eigenvalue weighted by Crippen LogP contribution is 2.74. The molecule has 5 aliphatic carbocycles. The van der Waals surface area contributed by atoms with Gasteiger partial charge in [-0.1, -0.05) is 60.1 Å². The van der Waals surface area contributed by atoms with Crippen molar-refractivity contribution in [3.8, 4) is 6.07 Å². The molecule has 0 aromatic rings. The van der Waals surface area contributed by atoms with Crippen LogP contribution in [0.4, 0.5) is 0 Å². The summed E-state index contributed by atoms with van der Waals surface area (Å²) in [6.45, 7) is 15.0. The molecule has 5 rings (SSSR count). The van der Waals surface area contributed by atoms with Gasteiger partial charge < -0.3 is 5.11 Å². The fourth-order valence-electron chi connectivity index (χ4n) is 10.0. The van der Waals surface area contributed by atoms with Crippen molar-refractivity contribution >= 4 is 17.5 Å². The number of nitriles is 1. The SMILES string of the molecule is CC1(C)CC[C@]2(C(=O)O)CC[C@]3(C)[C@H](C(=O)C=C4[C@@]5(C)C=C(C#N)C(=O)C(C)(C)C5CC[C@]43C)C2C1. The summed E-state index contributed by atoms with van der Waals surface area (Å²) < 4.78 is 0. The van der Waals surface area contributed by atoms with E-state index in [4.69, 9.17) is 0 Å². The van der Waals surface area contributed by atoms with Crippen LogP contribution in [0.3, 0.4) is 0 Å². The van der Waals surface area contributed by atoms with E-state index in [-0.39, 0.29) is 51.1 Å². The number of carbonyl (C=O) groups is 3. The number of carboxylic acid groups (broad SMARTS) is 1. The number of rotatable bonds is 1. The minimum atomic E-state index is -0.828. The molecule has 0 spiro atoms. The number of hydrogen-bond donors (Lipinski definition) is 1. The molecule has 36 heavy (non-hydrogen) atoms. The first-order valence-corrected chi connectivity index (χ1v) is 13.7. The number of allylic oxidation sites excluding steroid dienone is 4. The molecule has 3 fully saturated rings. The molecule has 5 nitrogen and oxygen atoms in total. The van der Waals surface area contributed by atoms with E-state index >= 15 is 0 Å². The maximum Gasteiger partial charge on any atom is 0.309 e. The lowest BCUT2D eigenvalue weighted by molar-refractivity contribution is -0.188. The third-order valence-corrected chi connectivity index (χ3v) is 12.3. The third-order valence-electron chi connectivity index (χ3n) is 12.3. The van der Waals surface area contributed by atoms with E-state index < -0.39 is 22.2 Å². The zero-order valence-corrected chi connectivity index (χ0v) is 23.0. The molecule has 0 bridgehead atoms. The predicted molar refractivity (Wildman–Crippen MR) is 137 cm³/mol. The van der Waals surface area contributed by atoms with Crippen LogP contribution in [0.15, 0.2) is 23.3 Å². The number of carbonyl (C=O) groups excluding carboxylic acids is 2. The normalized spacial score (nSPS) is 46.7. The summed E-state index contributed by atoms with van der Waals surface area (Å²) in [7, 11) is 0. The molecule has 0 aromatic heterocycles. The Kier molecular flexibility index (Phi) is 5.09. The van der Waals surface area contributed by atoms with Gasteiger partial charge in [-0.2, -0.15) is 5.26 Å². The van der Waals surface area contributed by atoms with Gasteiger partial charge in [0.25, 0.3) is 0 Å². The Balaban J connectivity index is 1.71. The molecule has 0 aromatic carbocycles. The van der Waals surface area contributed by atoms with Crippen LogP contribution in [0.25, 0.3) is 0 Å². The van der Waals surface area contributed by atoms with Crippen molar-refractivity contribution in [1.29, 1.82) is 5.26 Å². The molecule has 0 aliphatic heterocycles. The first-order chi connectivity index (χ1) is 16.5. The predicted octanol–water partition coefficient (Wildman–Crippen LogP) is 6.29. The average Bonchev–Trinajstić information content (AvgIpc) is 2.77. The van der Waals surface area contributed by atoms with E-state index in [1.165, 1.54) is 0 Å². The Bertz CT molecular complexity index is 1180. The van der Waals surface area contributed by atoms with Crippen molar-refractivity contribution in [3.63, 3.8) is 0 Å². The fourth-order valence-corrected chi connectivity index (χ4v) is 10.0. The Hall–Kier alpha value is -2.22. The topological polar surface area (TPSA) is 95.2 Å². The zero-order valence-electron chi connectivity index (χ0n) is 23.0. The van der Waals surface area contributed by atoms with E-state index in [0.717, 1.165) is 31.3 Å². The molecule has 2 unspecified atom stereocenters. The molecule has 1 N–H and O–H groups in total. The minimum absolute atomic E-state index is 0.00880. The fraction of sp³-hybridized carbons (Fsp3) is 0.742. The number of fused-ring (bicyclic) bond motifs is 7. The number of carboxylic acids is 1. The van der Waals surface area contributed by atoms with E-state index in [1.54, 1.807) is 0 Å². The number of nitrogens with zero attached hydrogens (tertiary/aromatic N) is 1. The van der Waals surface area contributed by atoms with Crippen LogP contribution in [0, 0.1) is 61.6 Å². The van der Waals surface area contributed by atoms with Gasteiger partial charge in [-0.15, -0.1) is 0 Å². The second-order valence-corrected chi connectivity index (χ2v) is 14.7. The summed E-state index contributed by atoms with van der Waals surface area (Å²) in [5.74, 6) is -1.27. The van der Waals surface area contributed by atoms with E-state index in [1.807, 2.05) is 26.0 Å². The molecule has 5 heteroatoms. The lowest BCUT2D eigenvalue weighted by atomic mass is 9.34. The molecule has 194 valence electrons. The van der Waals surface area contributed by atoms with E-state index in [9.17, 15) is 24.8 Å². The summed E-state index contributed by atoms with van der Waals surface area (Å²) in [6, 6.07) is 2.15. The summed E-state index contributed by atoms with van der Waals surface area (Å²) >= 11 is 0. The largest absolute Gasteiger partial charge is 0.481 e. The molecule has 0 heterocycles. The van der Waals surface area contributed by atoms with Crippen LogP contribution in [0.5, 0.6) is 0 Å². The van der Waals surface area contributed by atoms with Crippen molar-refractivity contribution in [1.82, 2.24) is 0 Å². The molecule has 0 amide bonds. The van der Waals surface area contributed by atoms with Gasteiger partial charge in [0, 0.05) is 16.7 Å². The van der Waals surface area contributed by atoms with Crippen LogP contribution in [-0.2, 0) is 14.4 Å². The van der Waals surface area contributed by atoms with Gasteiger partial charge in [-0.25, -0.2) is 0 Å². The molecular weight excluding hydrogens is 450 g/mol. The summed E-state index contributed by atoms with van der Waals surface area (Å²) in [4.78, 5) is 40.2. The first kappa shape index (κ1) is 25.4. The van der Waals surface area contributed by atoms with Gasteiger partial charge in [0.05, 0.1) is 11.0 Å². The molecule has 0 radical (unpaired) electrons.